The molecule has 1 heterocycles. The lowest BCUT2D eigenvalue weighted by atomic mass is 10.2. The van der Waals surface area contributed by atoms with Crippen LogP contribution in [-0.2, 0) is 14.8 Å². The average Bonchev–Trinajstić information content (AvgIpc) is 2.90. The number of ether oxygens (including phenoxy) is 1. The summed E-state index contributed by atoms with van der Waals surface area (Å²) in [5.74, 6) is -0.477. The summed E-state index contributed by atoms with van der Waals surface area (Å²) in [6.07, 6.45) is 0.762. The number of carbonyl (C=O) groups excluding carboxylic acids is 1. The number of nitrogens with one attached hydrogen (secondary N) is 2. The molecule has 1 aliphatic heterocycles. The van der Waals surface area contributed by atoms with Crippen molar-refractivity contribution in [2.75, 3.05) is 19.7 Å². The Bertz CT molecular complexity index is 627. The van der Waals surface area contributed by atoms with E-state index in [1.165, 1.54) is 18.2 Å². The first kappa shape index (κ1) is 16.4. The van der Waals surface area contributed by atoms with E-state index >= 15 is 0 Å². The zero-order valence-corrected chi connectivity index (χ0v) is 14.0. The summed E-state index contributed by atoms with van der Waals surface area (Å²) >= 11 is 3.21. The van der Waals surface area contributed by atoms with Crippen LogP contribution in [0.4, 0.5) is 0 Å². The van der Waals surface area contributed by atoms with Gasteiger partial charge in [0.2, 0.25) is 10.0 Å². The molecule has 0 bridgehead atoms. The smallest absolute Gasteiger partial charge is 0.338 e. The molecule has 1 aromatic carbocycles. The normalized spacial score (nSPS) is 18.7. The molecular weight excluding hydrogens is 360 g/mol. The molecule has 2 rings (SSSR count). The van der Waals surface area contributed by atoms with Crippen LogP contribution in [0, 0.1) is 0 Å². The van der Waals surface area contributed by atoms with E-state index in [4.69, 9.17) is 4.74 Å². The monoisotopic (exact) mass is 376 g/mol. The summed E-state index contributed by atoms with van der Waals surface area (Å²) in [5.41, 5.74) is 0.310. The average molecular weight is 377 g/mol. The lowest BCUT2D eigenvalue weighted by Crippen LogP contribution is -2.36. The predicted octanol–water partition coefficient (Wildman–Crippen LogP) is 1.27. The van der Waals surface area contributed by atoms with Crippen LogP contribution in [0.3, 0.4) is 0 Å². The van der Waals surface area contributed by atoms with Gasteiger partial charge in [0, 0.05) is 17.1 Å². The summed E-state index contributed by atoms with van der Waals surface area (Å²) in [6.45, 7) is 3.41. The van der Waals surface area contributed by atoms with E-state index in [0.29, 0.717) is 16.6 Å². The largest absolute Gasteiger partial charge is 0.462 e. The second-order valence-corrected chi connectivity index (χ2v) is 7.21. The Morgan fingerprint density at radius 1 is 1.52 bits per heavy atom. The lowest BCUT2D eigenvalue weighted by molar-refractivity contribution is 0.0526. The molecule has 1 aromatic rings. The van der Waals surface area contributed by atoms with Crippen molar-refractivity contribution >= 4 is 31.9 Å². The van der Waals surface area contributed by atoms with Crippen molar-refractivity contribution in [3.05, 3.63) is 28.2 Å². The first-order valence-electron chi connectivity index (χ1n) is 6.63. The van der Waals surface area contributed by atoms with Crippen LogP contribution >= 0.6 is 15.9 Å². The molecule has 0 aromatic heterocycles. The zero-order chi connectivity index (χ0) is 15.5. The molecule has 1 unspecified atom stereocenters. The number of benzene rings is 1. The minimum Gasteiger partial charge on any atom is -0.462 e. The van der Waals surface area contributed by atoms with E-state index in [2.05, 4.69) is 26.0 Å². The van der Waals surface area contributed by atoms with E-state index < -0.39 is 16.0 Å². The number of sulfonamides is 1. The van der Waals surface area contributed by atoms with Gasteiger partial charge in [-0.25, -0.2) is 17.9 Å². The second-order valence-electron chi connectivity index (χ2n) is 4.68. The number of esters is 1. The van der Waals surface area contributed by atoms with Crippen molar-refractivity contribution in [3.8, 4) is 0 Å². The molecule has 0 radical (unpaired) electrons. The number of halogens is 1. The van der Waals surface area contributed by atoms with E-state index in [1.54, 1.807) is 6.92 Å². The fourth-order valence-electron chi connectivity index (χ4n) is 2.10. The highest BCUT2D eigenvalue weighted by Gasteiger charge is 2.25. The van der Waals surface area contributed by atoms with E-state index in [9.17, 15) is 13.2 Å². The van der Waals surface area contributed by atoms with Gasteiger partial charge in [-0.15, -0.1) is 0 Å². The van der Waals surface area contributed by atoms with Crippen LogP contribution in [0.5, 0.6) is 0 Å². The molecule has 1 aliphatic rings. The van der Waals surface area contributed by atoms with Crippen LogP contribution in [0.25, 0.3) is 0 Å². The fourth-order valence-corrected chi connectivity index (χ4v) is 4.45. The van der Waals surface area contributed by atoms with Gasteiger partial charge in [-0.05, 0) is 54.0 Å². The van der Waals surface area contributed by atoms with Crippen LogP contribution in [0.15, 0.2) is 27.6 Å². The van der Waals surface area contributed by atoms with Gasteiger partial charge in [0.1, 0.15) is 0 Å². The van der Waals surface area contributed by atoms with Crippen molar-refractivity contribution in [2.24, 2.45) is 0 Å². The Morgan fingerprint density at radius 2 is 2.29 bits per heavy atom. The summed E-state index contributed by atoms with van der Waals surface area (Å²) in [7, 11) is -3.62. The lowest BCUT2D eigenvalue weighted by Gasteiger charge is -2.13. The third kappa shape index (κ3) is 4.03. The molecule has 0 saturated carbocycles. The molecule has 1 atom stereocenters. The summed E-state index contributed by atoms with van der Waals surface area (Å²) in [4.78, 5) is 11.7. The van der Waals surface area contributed by atoms with Gasteiger partial charge in [0.25, 0.3) is 0 Å². The second kappa shape index (κ2) is 6.87. The zero-order valence-electron chi connectivity index (χ0n) is 11.6. The number of carbonyl (C=O) groups is 1. The summed E-state index contributed by atoms with van der Waals surface area (Å²) in [6, 6.07) is 4.21. The third-order valence-corrected chi connectivity index (χ3v) is 5.61. The minimum absolute atomic E-state index is 0.105. The van der Waals surface area contributed by atoms with Crippen molar-refractivity contribution < 1.29 is 17.9 Å². The molecule has 0 spiro atoms. The maximum absolute atomic E-state index is 12.3. The Balaban J connectivity index is 2.21. The maximum Gasteiger partial charge on any atom is 0.338 e. The fraction of sp³-hybridized carbons (Fsp3) is 0.462. The van der Waals surface area contributed by atoms with Crippen LogP contribution in [0.1, 0.15) is 23.7 Å². The molecular formula is C13H17BrN2O4S. The van der Waals surface area contributed by atoms with E-state index in [0.717, 1.165) is 13.0 Å². The van der Waals surface area contributed by atoms with Crippen LogP contribution < -0.4 is 10.0 Å². The molecule has 8 heteroatoms. The maximum atomic E-state index is 12.3. The molecule has 0 amide bonds. The first-order valence-corrected chi connectivity index (χ1v) is 8.91. The highest BCUT2D eigenvalue weighted by atomic mass is 79.9. The standard InChI is InChI=1S/C13H17BrN2O4S/c1-2-20-13(17)9-3-4-12(11(14)7-9)21(18,19)16-10-5-6-15-8-10/h3-4,7,10,15-16H,2,5-6,8H2,1H3. The molecule has 1 saturated heterocycles. The first-order chi connectivity index (χ1) is 9.94. The topological polar surface area (TPSA) is 84.5 Å². The number of rotatable bonds is 5. The van der Waals surface area contributed by atoms with Crippen molar-refractivity contribution in [1.29, 1.82) is 0 Å². The highest BCUT2D eigenvalue weighted by Crippen LogP contribution is 2.24. The Morgan fingerprint density at radius 3 is 2.86 bits per heavy atom. The van der Waals surface area contributed by atoms with Gasteiger partial charge in [0.15, 0.2) is 0 Å². The predicted molar refractivity (Wildman–Crippen MR) is 81.7 cm³/mol. The van der Waals surface area contributed by atoms with E-state index in [1.807, 2.05) is 0 Å². The molecule has 2 N–H and O–H groups in total. The van der Waals surface area contributed by atoms with Crippen molar-refractivity contribution in [3.63, 3.8) is 0 Å². The molecule has 21 heavy (non-hydrogen) atoms. The summed E-state index contributed by atoms with van der Waals surface area (Å²) in [5, 5.41) is 3.10. The third-order valence-electron chi connectivity index (χ3n) is 3.11. The van der Waals surface area contributed by atoms with Crippen LogP contribution in [-0.4, -0.2) is 40.1 Å². The van der Waals surface area contributed by atoms with Crippen molar-refractivity contribution in [1.82, 2.24) is 10.0 Å². The van der Waals surface area contributed by atoms with Gasteiger partial charge in [-0.2, -0.15) is 0 Å². The van der Waals surface area contributed by atoms with Gasteiger partial charge in [-0.3, -0.25) is 0 Å². The van der Waals surface area contributed by atoms with Gasteiger partial charge in [0.05, 0.1) is 17.1 Å². The minimum atomic E-state index is -3.62. The number of hydrogen-bond donors (Lipinski definition) is 2. The van der Waals surface area contributed by atoms with E-state index in [-0.39, 0.29) is 17.5 Å². The van der Waals surface area contributed by atoms with Gasteiger partial charge >= 0.3 is 5.97 Å². The Kier molecular flexibility index (Phi) is 5.37. The SMILES string of the molecule is CCOC(=O)c1ccc(S(=O)(=O)NC2CCNC2)c(Br)c1. The van der Waals surface area contributed by atoms with Gasteiger partial charge in [-0.1, -0.05) is 0 Å². The molecule has 116 valence electrons. The Labute approximate surface area is 132 Å². The van der Waals surface area contributed by atoms with Crippen molar-refractivity contribution in [2.45, 2.75) is 24.3 Å². The van der Waals surface area contributed by atoms with Crippen LogP contribution in [0.2, 0.25) is 0 Å². The molecule has 6 nitrogen and oxygen atoms in total. The molecule has 1 fully saturated rings. The van der Waals surface area contributed by atoms with Gasteiger partial charge < -0.3 is 10.1 Å². The quantitative estimate of drug-likeness (QED) is 0.755. The summed E-state index contributed by atoms with van der Waals surface area (Å²) < 4.78 is 32.5. The highest BCUT2D eigenvalue weighted by molar-refractivity contribution is 9.10. The molecule has 0 aliphatic carbocycles. The Hall–Kier alpha value is -0.960. The number of hydrogen-bond acceptors (Lipinski definition) is 5.